The molecule has 0 spiro atoms. The molecule has 104 valence electrons. The minimum absolute atomic E-state index is 0.365. The summed E-state index contributed by atoms with van der Waals surface area (Å²) in [6, 6.07) is 7.69. The molecule has 1 aromatic carbocycles. The van der Waals surface area contributed by atoms with E-state index in [2.05, 4.69) is 12.2 Å². The molecule has 1 aliphatic carbocycles. The first kappa shape index (κ1) is 14.1. The second-order valence-electron chi connectivity index (χ2n) is 5.57. The molecule has 3 heteroatoms. The third-order valence-electron chi connectivity index (χ3n) is 4.16. The largest absolute Gasteiger partial charge is 0.478 e. The monoisotopic (exact) mass is 261 g/mol. The Morgan fingerprint density at radius 1 is 1.37 bits per heavy atom. The number of carboxylic acid groups (broad SMARTS) is 1. The lowest BCUT2D eigenvalue weighted by atomic mass is 9.84. The van der Waals surface area contributed by atoms with Crippen molar-refractivity contribution in [3.8, 4) is 0 Å². The van der Waals surface area contributed by atoms with Crippen molar-refractivity contribution in [2.24, 2.45) is 5.92 Å². The van der Waals surface area contributed by atoms with Crippen molar-refractivity contribution >= 4 is 5.97 Å². The molecule has 2 N–H and O–H groups in total. The first-order chi connectivity index (χ1) is 9.16. The Morgan fingerprint density at radius 3 is 2.79 bits per heavy atom. The number of rotatable bonds is 5. The molecular formula is C16H23NO2. The van der Waals surface area contributed by atoms with Crippen molar-refractivity contribution in [1.29, 1.82) is 0 Å². The highest BCUT2D eigenvalue weighted by Gasteiger charge is 2.19. The SMILES string of the molecule is C[C@H](NCc1cccc(C(=O)O)c1)C1CCCCC1. The van der Waals surface area contributed by atoms with Gasteiger partial charge >= 0.3 is 5.97 Å². The second-order valence-corrected chi connectivity index (χ2v) is 5.57. The molecule has 0 unspecified atom stereocenters. The van der Waals surface area contributed by atoms with Crippen LogP contribution in [-0.4, -0.2) is 17.1 Å². The van der Waals surface area contributed by atoms with E-state index in [0.717, 1.165) is 18.0 Å². The number of nitrogens with one attached hydrogen (secondary N) is 1. The van der Waals surface area contributed by atoms with Crippen LogP contribution in [0, 0.1) is 5.92 Å². The zero-order chi connectivity index (χ0) is 13.7. The van der Waals surface area contributed by atoms with Crippen LogP contribution in [0.4, 0.5) is 0 Å². The molecule has 0 aliphatic heterocycles. The van der Waals surface area contributed by atoms with Gasteiger partial charge in [0.2, 0.25) is 0 Å². The summed E-state index contributed by atoms with van der Waals surface area (Å²) in [6.45, 7) is 3.00. The lowest BCUT2D eigenvalue weighted by Crippen LogP contribution is -2.34. The predicted octanol–water partition coefficient (Wildman–Crippen LogP) is 3.44. The maximum Gasteiger partial charge on any atom is 0.335 e. The molecule has 2 rings (SSSR count). The van der Waals surface area contributed by atoms with Crippen LogP contribution < -0.4 is 5.32 Å². The van der Waals surface area contributed by atoms with Crippen molar-refractivity contribution in [2.75, 3.05) is 0 Å². The summed E-state index contributed by atoms with van der Waals surface area (Å²) in [6.07, 6.45) is 6.73. The fraction of sp³-hybridized carbons (Fsp3) is 0.562. The molecule has 1 aromatic rings. The Hall–Kier alpha value is -1.35. The molecule has 0 heterocycles. The van der Waals surface area contributed by atoms with Crippen LogP contribution >= 0.6 is 0 Å². The summed E-state index contributed by atoms with van der Waals surface area (Å²) in [5, 5.41) is 12.5. The van der Waals surface area contributed by atoms with Gasteiger partial charge in [0.25, 0.3) is 0 Å². The van der Waals surface area contributed by atoms with Gasteiger partial charge in [0, 0.05) is 12.6 Å². The number of aromatic carboxylic acids is 1. The molecule has 0 radical (unpaired) electrons. The molecule has 3 nitrogen and oxygen atoms in total. The quantitative estimate of drug-likeness (QED) is 0.853. The molecule has 1 saturated carbocycles. The zero-order valence-corrected chi connectivity index (χ0v) is 11.6. The molecular weight excluding hydrogens is 238 g/mol. The molecule has 1 fully saturated rings. The van der Waals surface area contributed by atoms with Crippen LogP contribution in [0.5, 0.6) is 0 Å². The molecule has 0 saturated heterocycles. The van der Waals surface area contributed by atoms with Gasteiger partial charge in [-0.3, -0.25) is 0 Å². The average molecular weight is 261 g/mol. The van der Waals surface area contributed by atoms with E-state index in [4.69, 9.17) is 5.11 Å². The molecule has 1 aliphatic rings. The van der Waals surface area contributed by atoms with Gasteiger partial charge < -0.3 is 10.4 Å². The van der Waals surface area contributed by atoms with Gasteiger partial charge in [0.05, 0.1) is 5.56 Å². The average Bonchev–Trinajstić information content (AvgIpc) is 2.46. The Kier molecular flexibility index (Phi) is 4.97. The Labute approximate surface area is 115 Å². The summed E-state index contributed by atoms with van der Waals surface area (Å²) in [5.74, 6) is -0.0846. The highest BCUT2D eigenvalue weighted by molar-refractivity contribution is 5.87. The van der Waals surface area contributed by atoms with Crippen molar-refractivity contribution in [2.45, 2.75) is 51.6 Å². The fourth-order valence-corrected chi connectivity index (χ4v) is 2.89. The van der Waals surface area contributed by atoms with Gasteiger partial charge in [0.15, 0.2) is 0 Å². The topological polar surface area (TPSA) is 49.3 Å². The van der Waals surface area contributed by atoms with Crippen LogP contribution in [0.3, 0.4) is 0 Å². The van der Waals surface area contributed by atoms with Crippen molar-refractivity contribution < 1.29 is 9.90 Å². The van der Waals surface area contributed by atoms with E-state index in [9.17, 15) is 4.79 Å². The van der Waals surface area contributed by atoms with Gasteiger partial charge in [-0.1, -0.05) is 31.4 Å². The fourth-order valence-electron chi connectivity index (χ4n) is 2.89. The van der Waals surface area contributed by atoms with Crippen molar-refractivity contribution in [3.05, 3.63) is 35.4 Å². The van der Waals surface area contributed by atoms with E-state index in [1.807, 2.05) is 12.1 Å². The lowest BCUT2D eigenvalue weighted by Gasteiger charge is -2.28. The van der Waals surface area contributed by atoms with Gasteiger partial charge in [-0.2, -0.15) is 0 Å². The number of carboxylic acids is 1. The smallest absolute Gasteiger partial charge is 0.335 e. The first-order valence-electron chi connectivity index (χ1n) is 7.22. The van der Waals surface area contributed by atoms with E-state index in [1.54, 1.807) is 12.1 Å². The summed E-state index contributed by atoms with van der Waals surface area (Å²) >= 11 is 0. The van der Waals surface area contributed by atoms with Crippen LogP contribution in [-0.2, 0) is 6.54 Å². The summed E-state index contributed by atoms with van der Waals surface area (Å²) in [4.78, 5) is 10.9. The maximum absolute atomic E-state index is 10.9. The highest BCUT2D eigenvalue weighted by atomic mass is 16.4. The number of carbonyl (C=O) groups is 1. The third-order valence-corrected chi connectivity index (χ3v) is 4.16. The summed E-state index contributed by atoms with van der Waals surface area (Å²) < 4.78 is 0. The summed E-state index contributed by atoms with van der Waals surface area (Å²) in [5.41, 5.74) is 1.41. The minimum Gasteiger partial charge on any atom is -0.478 e. The van der Waals surface area contributed by atoms with Crippen molar-refractivity contribution in [3.63, 3.8) is 0 Å². The van der Waals surface area contributed by atoms with Crippen LogP contribution in [0.25, 0.3) is 0 Å². The molecule has 0 bridgehead atoms. The second kappa shape index (κ2) is 6.71. The Bertz CT molecular complexity index is 425. The molecule has 19 heavy (non-hydrogen) atoms. The number of benzene rings is 1. The first-order valence-corrected chi connectivity index (χ1v) is 7.22. The van der Waals surface area contributed by atoms with Gasteiger partial charge in [-0.15, -0.1) is 0 Å². The highest BCUT2D eigenvalue weighted by Crippen LogP contribution is 2.26. The van der Waals surface area contributed by atoms with Gasteiger partial charge in [-0.05, 0) is 43.4 Å². The van der Waals surface area contributed by atoms with E-state index < -0.39 is 5.97 Å². The van der Waals surface area contributed by atoms with E-state index in [1.165, 1.54) is 32.1 Å². The predicted molar refractivity (Wildman–Crippen MR) is 76.3 cm³/mol. The molecule has 1 atom stereocenters. The maximum atomic E-state index is 10.9. The Balaban J connectivity index is 1.87. The van der Waals surface area contributed by atoms with Crippen LogP contribution in [0.1, 0.15) is 54.9 Å². The number of hydrogen-bond donors (Lipinski definition) is 2. The van der Waals surface area contributed by atoms with Gasteiger partial charge in [-0.25, -0.2) is 4.79 Å². The zero-order valence-electron chi connectivity index (χ0n) is 11.6. The van der Waals surface area contributed by atoms with Gasteiger partial charge in [0.1, 0.15) is 0 Å². The summed E-state index contributed by atoms with van der Waals surface area (Å²) in [7, 11) is 0. The molecule has 0 amide bonds. The standard InChI is InChI=1S/C16H23NO2/c1-12(14-7-3-2-4-8-14)17-11-13-6-5-9-15(10-13)16(18)19/h5-6,9-10,12,14,17H,2-4,7-8,11H2,1H3,(H,18,19)/t12-/m0/s1. The molecule has 0 aromatic heterocycles. The van der Waals surface area contributed by atoms with E-state index in [-0.39, 0.29) is 0 Å². The van der Waals surface area contributed by atoms with E-state index >= 15 is 0 Å². The number of hydrogen-bond acceptors (Lipinski definition) is 2. The Morgan fingerprint density at radius 2 is 2.11 bits per heavy atom. The van der Waals surface area contributed by atoms with Crippen LogP contribution in [0.2, 0.25) is 0 Å². The van der Waals surface area contributed by atoms with E-state index in [0.29, 0.717) is 11.6 Å². The normalized spacial score (nSPS) is 18.2. The van der Waals surface area contributed by atoms with Crippen LogP contribution in [0.15, 0.2) is 24.3 Å². The third kappa shape index (κ3) is 4.06. The lowest BCUT2D eigenvalue weighted by molar-refractivity contribution is 0.0696. The van der Waals surface area contributed by atoms with Crippen molar-refractivity contribution in [1.82, 2.24) is 5.32 Å². The minimum atomic E-state index is -0.859.